The first-order valence-electron chi connectivity index (χ1n) is 6.79. The van der Waals surface area contributed by atoms with Crippen LogP contribution in [0.1, 0.15) is 24.0 Å². The predicted octanol–water partition coefficient (Wildman–Crippen LogP) is 1.45. The minimum Gasteiger partial charge on any atom is -0.497 e. The normalized spacial score (nSPS) is 16.6. The minimum absolute atomic E-state index is 0.148. The van der Waals surface area contributed by atoms with Gasteiger partial charge in [-0.3, -0.25) is 4.79 Å². The fraction of sp³-hybridized carbons (Fsp3) is 0.533. The molecule has 1 aromatic carbocycles. The Kier molecular flexibility index (Phi) is 4.84. The van der Waals surface area contributed by atoms with Crippen molar-refractivity contribution < 1.29 is 19.0 Å². The van der Waals surface area contributed by atoms with E-state index in [0.29, 0.717) is 19.4 Å². The molecule has 110 valence electrons. The van der Waals surface area contributed by atoms with Crippen LogP contribution < -0.4 is 15.2 Å². The van der Waals surface area contributed by atoms with Crippen molar-refractivity contribution in [2.75, 3.05) is 20.8 Å². The van der Waals surface area contributed by atoms with E-state index in [1.165, 1.54) is 12.7 Å². The molecule has 1 unspecified atom stereocenters. The number of esters is 1. The maximum Gasteiger partial charge on any atom is 0.305 e. The van der Waals surface area contributed by atoms with Gasteiger partial charge >= 0.3 is 5.97 Å². The third-order valence-corrected chi connectivity index (χ3v) is 3.47. The third-order valence-electron chi connectivity index (χ3n) is 3.47. The lowest BCUT2D eigenvalue weighted by atomic mass is 10.1. The Morgan fingerprint density at radius 1 is 1.35 bits per heavy atom. The number of carbonyl (C=O) groups excluding carboxylic acids is 1. The van der Waals surface area contributed by atoms with E-state index in [1.807, 2.05) is 12.1 Å². The topological polar surface area (TPSA) is 70.8 Å². The average Bonchev–Trinajstić information content (AvgIpc) is 2.83. The van der Waals surface area contributed by atoms with Crippen LogP contribution in [0, 0.1) is 0 Å². The van der Waals surface area contributed by atoms with Crippen LogP contribution in [-0.4, -0.2) is 32.8 Å². The summed E-state index contributed by atoms with van der Waals surface area (Å²) in [6.07, 6.45) is 2.67. The van der Waals surface area contributed by atoms with E-state index < -0.39 is 0 Å². The Morgan fingerprint density at radius 3 is 2.85 bits per heavy atom. The standard InChI is InChI=1S/C15H21NO4/c1-18-12-7-10-6-11(16)8-13(10)14(9-12)20-5-3-4-15(17)19-2/h7,9,11H,3-6,8,16H2,1-2H3. The van der Waals surface area contributed by atoms with Crippen LogP contribution in [0.3, 0.4) is 0 Å². The van der Waals surface area contributed by atoms with Gasteiger partial charge in [0.2, 0.25) is 0 Å². The number of methoxy groups -OCH3 is 2. The molecule has 0 amide bonds. The van der Waals surface area contributed by atoms with Gasteiger partial charge in [-0.25, -0.2) is 0 Å². The molecule has 5 nitrogen and oxygen atoms in total. The van der Waals surface area contributed by atoms with Crippen molar-refractivity contribution in [3.8, 4) is 11.5 Å². The smallest absolute Gasteiger partial charge is 0.305 e. The van der Waals surface area contributed by atoms with Crippen LogP contribution >= 0.6 is 0 Å². The third kappa shape index (κ3) is 3.42. The SMILES string of the molecule is COC(=O)CCCOc1cc(OC)cc2c1CC(N)C2. The average molecular weight is 279 g/mol. The summed E-state index contributed by atoms with van der Waals surface area (Å²) in [5.41, 5.74) is 8.36. The molecular formula is C15H21NO4. The quantitative estimate of drug-likeness (QED) is 0.630. The second kappa shape index (κ2) is 6.61. The molecule has 2 rings (SSSR count). The van der Waals surface area contributed by atoms with Crippen molar-refractivity contribution in [3.05, 3.63) is 23.3 Å². The molecule has 0 bridgehead atoms. The van der Waals surface area contributed by atoms with Crippen LogP contribution in [-0.2, 0) is 22.4 Å². The lowest BCUT2D eigenvalue weighted by molar-refractivity contribution is -0.140. The van der Waals surface area contributed by atoms with Crippen LogP contribution in [0.2, 0.25) is 0 Å². The molecule has 0 saturated heterocycles. The second-order valence-electron chi connectivity index (χ2n) is 4.96. The van der Waals surface area contributed by atoms with E-state index in [9.17, 15) is 4.79 Å². The Bertz CT molecular complexity index is 487. The predicted molar refractivity (Wildman–Crippen MR) is 75.1 cm³/mol. The number of carbonyl (C=O) groups is 1. The molecular weight excluding hydrogens is 258 g/mol. The van der Waals surface area contributed by atoms with Crippen molar-refractivity contribution in [2.45, 2.75) is 31.7 Å². The number of benzene rings is 1. The number of fused-ring (bicyclic) bond motifs is 1. The molecule has 0 saturated carbocycles. The van der Waals surface area contributed by atoms with Crippen LogP contribution in [0.25, 0.3) is 0 Å². The summed E-state index contributed by atoms with van der Waals surface area (Å²) in [7, 11) is 3.02. The minimum atomic E-state index is -0.216. The van der Waals surface area contributed by atoms with Crippen LogP contribution in [0.4, 0.5) is 0 Å². The molecule has 1 aliphatic carbocycles. The largest absolute Gasteiger partial charge is 0.497 e. The van der Waals surface area contributed by atoms with Gasteiger partial charge in [-0.15, -0.1) is 0 Å². The summed E-state index contributed by atoms with van der Waals surface area (Å²) < 4.78 is 15.7. The lowest BCUT2D eigenvalue weighted by Crippen LogP contribution is -2.19. The number of hydrogen-bond acceptors (Lipinski definition) is 5. The van der Waals surface area contributed by atoms with Crippen molar-refractivity contribution >= 4 is 5.97 Å². The fourth-order valence-electron chi connectivity index (χ4n) is 2.45. The molecule has 2 N–H and O–H groups in total. The molecule has 0 heterocycles. The molecule has 0 spiro atoms. The summed E-state index contributed by atoms with van der Waals surface area (Å²) >= 11 is 0. The highest BCUT2D eigenvalue weighted by Crippen LogP contribution is 2.34. The number of ether oxygens (including phenoxy) is 3. The Hall–Kier alpha value is -1.75. The zero-order valence-electron chi connectivity index (χ0n) is 12.0. The Morgan fingerprint density at radius 2 is 2.15 bits per heavy atom. The van der Waals surface area contributed by atoms with Crippen LogP contribution in [0.5, 0.6) is 11.5 Å². The van der Waals surface area contributed by atoms with Gasteiger partial charge in [0.15, 0.2) is 0 Å². The molecule has 1 aromatic rings. The number of hydrogen-bond donors (Lipinski definition) is 1. The fourth-order valence-corrected chi connectivity index (χ4v) is 2.45. The first-order chi connectivity index (χ1) is 9.63. The molecule has 1 atom stereocenters. The highest BCUT2D eigenvalue weighted by Gasteiger charge is 2.23. The van der Waals surface area contributed by atoms with E-state index in [0.717, 1.165) is 29.9 Å². The molecule has 0 aromatic heterocycles. The summed E-state index contributed by atoms with van der Waals surface area (Å²) in [4.78, 5) is 11.0. The highest BCUT2D eigenvalue weighted by atomic mass is 16.5. The Balaban J connectivity index is 2.00. The highest BCUT2D eigenvalue weighted by molar-refractivity contribution is 5.69. The maximum atomic E-state index is 11.0. The molecule has 1 aliphatic rings. The molecule has 5 heteroatoms. The van der Waals surface area contributed by atoms with Gasteiger partial charge in [0.25, 0.3) is 0 Å². The van der Waals surface area contributed by atoms with E-state index >= 15 is 0 Å². The molecule has 20 heavy (non-hydrogen) atoms. The van der Waals surface area contributed by atoms with E-state index in [1.54, 1.807) is 7.11 Å². The van der Waals surface area contributed by atoms with Crippen LogP contribution in [0.15, 0.2) is 12.1 Å². The summed E-state index contributed by atoms with van der Waals surface area (Å²) in [6.45, 7) is 0.476. The van der Waals surface area contributed by atoms with Crippen molar-refractivity contribution in [2.24, 2.45) is 5.73 Å². The van der Waals surface area contributed by atoms with Gasteiger partial charge in [0.1, 0.15) is 11.5 Å². The number of rotatable bonds is 6. The molecule has 0 aliphatic heterocycles. The molecule has 0 fully saturated rings. The van der Waals surface area contributed by atoms with Gasteiger partial charge in [-0.2, -0.15) is 0 Å². The monoisotopic (exact) mass is 279 g/mol. The molecule has 0 radical (unpaired) electrons. The van der Waals surface area contributed by atoms with Gasteiger partial charge < -0.3 is 19.9 Å². The van der Waals surface area contributed by atoms with Crippen molar-refractivity contribution in [3.63, 3.8) is 0 Å². The second-order valence-corrected chi connectivity index (χ2v) is 4.96. The maximum absolute atomic E-state index is 11.0. The van der Waals surface area contributed by atoms with E-state index in [-0.39, 0.29) is 12.0 Å². The first-order valence-corrected chi connectivity index (χ1v) is 6.79. The summed E-state index contributed by atoms with van der Waals surface area (Å²) in [5, 5.41) is 0. The van der Waals surface area contributed by atoms with Crippen molar-refractivity contribution in [1.82, 2.24) is 0 Å². The number of nitrogens with two attached hydrogens (primary N) is 1. The van der Waals surface area contributed by atoms with E-state index in [2.05, 4.69) is 4.74 Å². The first kappa shape index (κ1) is 14.7. The van der Waals surface area contributed by atoms with Gasteiger partial charge in [0, 0.05) is 18.5 Å². The van der Waals surface area contributed by atoms with E-state index in [4.69, 9.17) is 15.2 Å². The summed E-state index contributed by atoms with van der Waals surface area (Å²) in [6, 6.07) is 4.05. The summed E-state index contributed by atoms with van der Waals surface area (Å²) in [5.74, 6) is 1.38. The zero-order valence-corrected chi connectivity index (χ0v) is 12.0. The van der Waals surface area contributed by atoms with Crippen molar-refractivity contribution in [1.29, 1.82) is 0 Å². The van der Waals surface area contributed by atoms with Gasteiger partial charge in [0.05, 0.1) is 20.8 Å². The van der Waals surface area contributed by atoms with Gasteiger partial charge in [-0.1, -0.05) is 0 Å². The van der Waals surface area contributed by atoms with Gasteiger partial charge in [-0.05, 0) is 36.5 Å². The lowest BCUT2D eigenvalue weighted by Gasteiger charge is -2.12. The Labute approximate surface area is 119 Å². The zero-order chi connectivity index (χ0) is 14.5.